The quantitative estimate of drug-likeness (QED) is 0.579. The Balaban J connectivity index is 1.95. The van der Waals surface area contributed by atoms with E-state index < -0.39 is 10.0 Å². The fourth-order valence-corrected chi connectivity index (χ4v) is 3.85. The van der Waals surface area contributed by atoms with Crippen LogP contribution in [0.2, 0.25) is 0 Å². The number of carbonyl (C=O) groups is 1. The van der Waals surface area contributed by atoms with Crippen LogP contribution in [0.25, 0.3) is 0 Å². The number of hydrogen-bond acceptors (Lipinski definition) is 4. The van der Waals surface area contributed by atoms with Gasteiger partial charge in [0.2, 0.25) is 10.0 Å². The predicted octanol–water partition coefficient (Wildman–Crippen LogP) is 3.79. The Kier molecular flexibility index (Phi) is 6.54. The zero-order valence-electron chi connectivity index (χ0n) is 17.1. The molecule has 0 saturated heterocycles. The highest BCUT2D eigenvalue weighted by molar-refractivity contribution is 7.89. The highest BCUT2D eigenvalue weighted by Crippen LogP contribution is 2.24. The largest absolute Gasteiger partial charge is 0.497 e. The van der Waals surface area contributed by atoms with Crippen molar-refractivity contribution in [1.82, 2.24) is 4.31 Å². The number of sulfonamides is 1. The van der Waals surface area contributed by atoms with E-state index in [4.69, 9.17) is 4.74 Å². The average Bonchev–Trinajstić information content (AvgIpc) is 2.78. The Morgan fingerprint density at radius 2 is 1.47 bits per heavy atom. The maximum atomic E-state index is 13.3. The number of benzene rings is 3. The molecule has 0 saturated carbocycles. The van der Waals surface area contributed by atoms with Crippen LogP contribution in [-0.4, -0.2) is 39.8 Å². The molecule has 0 aromatic heterocycles. The number of methoxy groups -OCH3 is 1. The standard InChI is InChI=1S/C23H24N2O4S/c1-24(2)30(27,28)22-15-9-19(10-16-22)23(26)25(17-18-7-5-4-6-8-18)20-11-13-21(29-3)14-12-20/h4-16H,17H2,1-3H3. The minimum Gasteiger partial charge on any atom is -0.497 e. The van der Waals surface area contributed by atoms with Crippen molar-refractivity contribution in [3.8, 4) is 5.75 Å². The van der Waals surface area contributed by atoms with Gasteiger partial charge in [-0.15, -0.1) is 0 Å². The highest BCUT2D eigenvalue weighted by Gasteiger charge is 2.21. The molecular formula is C23H24N2O4S. The predicted molar refractivity (Wildman–Crippen MR) is 117 cm³/mol. The molecule has 0 N–H and O–H groups in total. The molecule has 0 unspecified atom stereocenters. The second-order valence-corrected chi connectivity index (χ2v) is 9.04. The fraction of sp³-hybridized carbons (Fsp3) is 0.174. The van der Waals surface area contributed by atoms with Crippen LogP contribution in [0.4, 0.5) is 5.69 Å². The van der Waals surface area contributed by atoms with Gasteiger partial charge in [0, 0.05) is 25.3 Å². The Morgan fingerprint density at radius 1 is 0.867 bits per heavy atom. The van der Waals surface area contributed by atoms with Gasteiger partial charge in [-0.05, 0) is 54.1 Å². The van der Waals surface area contributed by atoms with Crippen LogP contribution in [0, 0.1) is 0 Å². The molecule has 0 aliphatic carbocycles. The number of hydrogen-bond donors (Lipinski definition) is 0. The summed E-state index contributed by atoms with van der Waals surface area (Å²) < 4.78 is 30.9. The molecule has 30 heavy (non-hydrogen) atoms. The van der Waals surface area contributed by atoms with E-state index in [9.17, 15) is 13.2 Å². The monoisotopic (exact) mass is 424 g/mol. The molecule has 3 rings (SSSR count). The second-order valence-electron chi connectivity index (χ2n) is 6.89. The zero-order valence-corrected chi connectivity index (χ0v) is 18.0. The van der Waals surface area contributed by atoms with E-state index in [1.54, 1.807) is 36.3 Å². The van der Waals surface area contributed by atoms with E-state index in [-0.39, 0.29) is 10.8 Å². The molecule has 0 radical (unpaired) electrons. The van der Waals surface area contributed by atoms with Crippen LogP contribution < -0.4 is 9.64 Å². The first-order chi connectivity index (χ1) is 14.3. The highest BCUT2D eigenvalue weighted by atomic mass is 32.2. The Hall–Kier alpha value is -3.16. The lowest BCUT2D eigenvalue weighted by Gasteiger charge is -2.23. The van der Waals surface area contributed by atoms with Crippen LogP contribution in [0.5, 0.6) is 5.75 Å². The van der Waals surface area contributed by atoms with Gasteiger partial charge in [0.25, 0.3) is 5.91 Å². The van der Waals surface area contributed by atoms with Gasteiger partial charge in [-0.3, -0.25) is 4.79 Å². The summed E-state index contributed by atoms with van der Waals surface area (Å²) in [5, 5.41) is 0. The number of amides is 1. The molecule has 0 heterocycles. The van der Waals surface area contributed by atoms with Crippen molar-refractivity contribution in [2.75, 3.05) is 26.1 Å². The van der Waals surface area contributed by atoms with Crippen LogP contribution in [-0.2, 0) is 16.6 Å². The lowest BCUT2D eigenvalue weighted by atomic mass is 10.1. The van der Waals surface area contributed by atoms with E-state index in [1.165, 1.54) is 26.2 Å². The van der Waals surface area contributed by atoms with Gasteiger partial charge >= 0.3 is 0 Å². The smallest absolute Gasteiger partial charge is 0.258 e. The van der Waals surface area contributed by atoms with Crippen molar-refractivity contribution < 1.29 is 17.9 Å². The van der Waals surface area contributed by atoms with Crippen LogP contribution in [0.1, 0.15) is 15.9 Å². The van der Waals surface area contributed by atoms with E-state index in [0.29, 0.717) is 17.9 Å². The van der Waals surface area contributed by atoms with Crippen molar-refractivity contribution in [2.45, 2.75) is 11.4 Å². The first kappa shape index (κ1) is 21.5. The summed E-state index contributed by atoms with van der Waals surface area (Å²) in [6.07, 6.45) is 0. The molecule has 0 spiro atoms. The summed E-state index contributed by atoms with van der Waals surface area (Å²) in [6, 6.07) is 22.9. The van der Waals surface area contributed by atoms with Crippen molar-refractivity contribution in [2.24, 2.45) is 0 Å². The van der Waals surface area contributed by atoms with Crippen molar-refractivity contribution in [3.05, 3.63) is 90.0 Å². The Labute approximate surface area is 177 Å². The lowest BCUT2D eigenvalue weighted by molar-refractivity contribution is 0.0985. The number of anilines is 1. The summed E-state index contributed by atoms with van der Waals surface area (Å²) in [6.45, 7) is 0.379. The maximum absolute atomic E-state index is 13.3. The van der Waals surface area contributed by atoms with Crippen molar-refractivity contribution in [1.29, 1.82) is 0 Å². The third-order valence-corrected chi connectivity index (χ3v) is 6.52. The molecular weight excluding hydrogens is 400 g/mol. The molecule has 156 valence electrons. The molecule has 6 nitrogen and oxygen atoms in total. The maximum Gasteiger partial charge on any atom is 0.258 e. The minimum absolute atomic E-state index is 0.142. The first-order valence-corrected chi connectivity index (χ1v) is 10.8. The number of nitrogens with zero attached hydrogens (tertiary/aromatic N) is 2. The van der Waals surface area contributed by atoms with E-state index in [2.05, 4.69) is 0 Å². The minimum atomic E-state index is -3.55. The van der Waals surface area contributed by atoms with Crippen LogP contribution >= 0.6 is 0 Å². The molecule has 7 heteroatoms. The topological polar surface area (TPSA) is 66.9 Å². The van der Waals surface area contributed by atoms with Gasteiger partial charge in [-0.1, -0.05) is 30.3 Å². The molecule has 1 amide bonds. The molecule has 0 bridgehead atoms. The number of rotatable bonds is 7. The third kappa shape index (κ3) is 4.69. The summed E-state index contributed by atoms with van der Waals surface area (Å²) in [4.78, 5) is 15.1. The molecule has 3 aromatic carbocycles. The summed E-state index contributed by atoms with van der Waals surface area (Å²) >= 11 is 0. The molecule has 3 aromatic rings. The third-order valence-electron chi connectivity index (χ3n) is 4.69. The van der Waals surface area contributed by atoms with Gasteiger partial charge in [0.1, 0.15) is 5.75 Å². The molecule has 0 fully saturated rings. The van der Waals surface area contributed by atoms with Gasteiger partial charge in [-0.25, -0.2) is 12.7 Å². The lowest BCUT2D eigenvalue weighted by Crippen LogP contribution is -2.30. The Bertz CT molecular complexity index is 1090. The first-order valence-electron chi connectivity index (χ1n) is 9.35. The molecule has 0 aliphatic heterocycles. The van der Waals surface area contributed by atoms with Gasteiger partial charge in [0.15, 0.2) is 0 Å². The van der Waals surface area contributed by atoms with Crippen molar-refractivity contribution >= 4 is 21.6 Å². The SMILES string of the molecule is COc1ccc(N(Cc2ccccc2)C(=O)c2ccc(S(=O)(=O)N(C)C)cc2)cc1. The second kappa shape index (κ2) is 9.11. The molecule has 0 aliphatic rings. The number of ether oxygens (including phenoxy) is 1. The van der Waals surface area contributed by atoms with E-state index >= 15 is 0 Å². The van der Waals surface area contributed by atoms with Crippen LogP contribution in [0.3, 0.4) is 0 Å². The summed E-state index contributed by atoms with van der Waals surface area (Å²) in [5.74, 6) is 0.474. The summed E-state index contributed by atoms with van der Waals surface area (Å²) in [5.41, 5.74) is 2.10. The van der Waals surface area contributed by atoms with Crippen molar-refractivity contribution in [3.63, 3.8) is 0 Å². The zero-order chi connectivity index (χ0) is 21.7. The van der Waals surface area contributed by atoms with Gasteiger partial charge in [-0.2, -0.15) is 0 Å². The fourth-order valence-electron chi connectivity index (χ4n) is 2.94. The summed E-state index contributed by atoms with van der Waals surface area (Å²) in [7, 11) is 0.979. The van der Waals surface area contributed by atoms with Gasteiger partial charge in [0.05, 0.1) is 18.6 Å². The Morgan fingerprint density at radius 3 is 2.00 bits per heavy atom. The number of carbonyl (C=O) groups excluding carboxylic acids is 1. The van der Waals surface area contributed by atoms with E-state index in [1.807, 2.05) is 42.5 Å². The average molecular weight is 425 g/mol. The van der Waals surface area contributed by atoms with Crippen LogP contribution in [0.15, 0.2) is 83.8 Å². The normalized spacial score (nSPS) is 11.3. The van der Waals surface area contributed by atoms with Gasteiger partial charge < -0.3 is 9.64 Å². The molecule has 0 atom stereocenters. The van der Waals surface area contributed by atoms with E-state index in [0.717, 1.165) is 15.6 Å².